The van der Waals surface area contributed by atoms with Gasteiger partial charge in [-0.25, -0.2) is 4.98 Å². The average Bonchev–Trinajstić information content (AvgIpc) is 3.37. The third-order valence-corrected chi connectivity index (χ3v) is 6.21. The van der Waals surface area contributed by atoms with E-state index in [-0.39, 0.29) is 12.1 Å². The maximum atomic E-state index is 5.61. The van der Waals surface area contributed by atoms with E-state index in [0.29, 0.717) is 0 Å². The Hall–Kier alpha value is -3.28. The number of benzene rings is 2. The molecule has 154 valence electrons. The van der Waals surface area contributed by atoms with Gasteiger partial charge in [-0.1, -0.05) is 30.3 Å². The quantitative estimate of drug-likeness (QED) is 0.647. The van der Waals surface area contributed by atoms with Gasteiger partial charge in [-0.2, -0.15) is 0 Å². The predicted octanol–water partition coefficient (Wildman–Crippen LogP) is 4.02. The summed E-state index contributed by atoms with van der Waals surface area (Å²) in [7, 11) is 3.38. The van der Waals surface area contributed by atoms with Crippen LogP contribution in [0.1, 0.15) is 41.4 Å². The summed E-state index contributed by atoms with van der Waals surface area (Å²) in [5, 5.41) is 0. The van der Waals surface area contributed by atoms with Crippen LogP contribution in [-0.4, -0.2) is 41.1 Å². The van der Waals surface area contributed by atoms with E-state index in [1.165, 1.54) is 16.7 Å². The number of imidazole rings is 1. The maximum absolute atomic E-state index is 5.61. The minimum atomic E-state index is -0.00615. The number of hydrogen-bond acceptors (Lipinski definition) is 5. The van der Waals surface area contributed by atoms with Gasteiger partial charge in [0.2, 0.25) is 0 Å². The lowest BCUT2D eigenvalue weighted by Crippen LogP contribution is -2.36. The number of ether oxygens (including phenoxy) is 2. The Morgan fingerprint density at radius 2 is 1.83 bits per heavy atom. The van der Waals surface area contributed by atoms with Crippen molar-refractivity contribution in [3.8, 4) is 11.5 Å². The molecule has 3 heterocycles. The lowest BCUT2D eigenvalue weighted by molar-refractivity contribution is 0.284. The molecule has 2 unspecified atom stereocenters. The van der Waals surface area contributed by atoms with Crippen LogP contribution in [0.15, 0.2) is 60.0 Å². The Morgan fingerprint density at radius 3 is 2.60 bits per heavy atom. The largest absolute Gasteiger partial charge is 0.493 e. The van der Waals surface area contributed by atoms with E-state index in [9.17, 15) is 0 Å². The molecule has 6 heteroatoms. The van der Waals surface area contributed by atoms with Gasteiger partial charge in [0.25, 0.3) is 0 Å². The number of amidine groups is 1. The Bertz CT molecular complexity index is 1090. The molecule has 0 saturated carbocycles. The van der Waals surface area contributed by atoms with Crippen LogP contribution in [0.5, 0.6) is 11.5 Å². The smallest absolute Gasteiger partial charge is 0.161 e. The monoisotopic (exact) mass is 402 g/mol. The van der Waals surface area contributed by atoms with Crippen molar-refractivity contribution in [2.75, 3.05) is 20.8 Å². The summed E-state index contributed by atoms with van der Waals surface area (Å²) >= 11 is 0. The summed E-state index contributed by atoms with van der Waals surface area (Å²) in [4.78, 5) is 12.0. The number of hydrogen-bond donors (Lipinski definition) is 0. The van der Waals surface area contributed by atoms with Crippen molar-refractivity contribution >= 4 is 5.84 Å². The third kappa shape index (κ3) is 3.03. The molecule has 0 spiro atoms. The lowest BCUT2D eigenvalue weighted by Gasteiger charge is -2.36. The van der Waals surface area contributed by atoms with E-state index in [1.807, 2.05) is 18.6 Å². The van der Waals surface area contributed by atoms with E-state index in [4.69, 9.17) is 14.5 Å². The standard InChI is InChI=1S/C24H26N4O2/c1-16-26-23(20-13-25-15-27(20)14-17-7-5-4-6-8-17)24-19-12-22(30-3)21(29-2)11-18(19)9-10-28(16)24/h4-8,11-13,15,23-24H,9-10,14H2,1-3H3. The molecule has 0 radical (unpaired) electrons. The normalized spacial score (nSPS) is 19.8. The highest BCUT2D eigenvalue weighted by Gasteiger charge is 2.41. The minimum absolute atomic E-state index is 0.00615. The maximum Gasteiger partial charge on any atom is 0.161 e. The molecule has 0 fully saturated rings. The zero-order chi connectivity index (χ0) is 20.7. The predicted molar refractivity (Wildman–Crippen MR) is 116 cm³/mol. The number of methoxy groups -OCH3 is 2. The van der Waals surface area contributed by atoms with Gasteiger partial charge in [-0.05, 0) is 42.2 Å². The van der Waals surface area contributed by atoms with Gasteiger partial charge < -0.3 is 18.9 Å². The van der Waals surface area contributed by atoms with Crippen molar-refractivity contribution < 1.29 is 9.47 Å². The molecular formula is C24H26N4O2. The van der Waals surface area contributed by atoms with E-state index in [1.54, 1.807) is 14.2 Å². The first kappa shape index (κ1) is 18.7. The number of nitrogens with zero attached hydrogens (tertiary/aromatic N) is 4. The first-order valence-electron chi connectivity index (χ1n) is 10.3. The van der Waals surface area contributed by atoms with Gasteiger partial charge in [0.15, 0.2) is 11.5 Å². The molecule has 0 aliphatic carbocycles. The topological polar surface area (TPSA) is 51.9 Å². The van der Waals surface area contributed by atoms with Crippen molar-refractivity contribution in [1.29, 1.82) is 0 Å². The first-order valence-corrected chi connectivity index (χ1v) is 10.3. The molecule has 5 rings (SSSR count). The third-order valence-electron chi connectivity index (χ3n) is 6.21. The molecule has 2 aromatic carbocycles. The highest BCUT2D eigenvalue weighted by atomic mass is 16.5. The highest BCUT2D eigenvalue weighted by molar-refractivity contribution is 5.83. The molecule has 0 amide bonds. The molecule has 6 nitrogen and oxygen atoms in total. The van der Waals surface area contributed by atoms with Crippen molar-refractivity contribution in [2.24, 2.45) is 4.99 Å². The van der Waals surface area contributed by atoms with Gasteiger partial charge in [-0.15, -0.1) is 0 Å². The van der Waals surface area contributed by atoms with E-state index >= 15 is 0 Å². The fourth-order valence-electron chi connectivity index (χ4n) is 4.74. The molecule has 0 saturated heterocycles. The molecule has 0 bridgehead atoms. The summed E-state index contributed by atoms with van der Waals surface area (Å²) in [5.74, 6) is 2.63. The summed E-state index contributed by atoms with van der Waals surface area (Å²) in [6.07, 6.45) is 4.84. The number of aromatic nitrogens is 2. The summed E-state index contributed by atoms with van der Waals surface area (Å²) in [5.41, 5.74) is 4.95. The van der Waals surface area contributed by atoms with Crippen molar-refractivity contribution in [3.63, 3.8) is 0 Å². The molecule has 1 aromatic heterocycles. The number of aliphatic imine (C=N–C) groups is 1. The van der Waals surface area contributed by atoms with Crippen LogP contribution in [0, 0.1) is 0 Å². The second-order valence-electron chi connectivity index (χ2n) is 7.85. The molecule has 2 atom stereocenters. The van der Waals surface area contributed by atoms with Crippen molar-refractivity contribution in [3.05, 3.63) is 77.4 Å². The molecule has 30 heavy (non-hydrogen) atoms. The van der Waals surface area contributed by atoms with Crippen LogP contribution in [-0.2, 0) is 13.0 Å². The van der Waals surface area contributed by atoms with Crippen LogP contribution in [0.25, 0.3) is 0 Å². The number of fused-ring (bicyclic) bond motifs is 3. The van der Waals surface area contributed by atoms with Crippen LogP contribution < -0.4 is 9.47 Å². The Labute approximate surface area is 176 Å². The molecule has 2 aliphatic rings. The fourth-order valence-corrected chi connectivity index (χ4v) is 4.74. The minimum Gasteiger partial charge on any atom is -0.493 e. The van der Waals surface area contributed by atoms with Gasteiger partial charge >= 0.3 is 0 Å². The van der Waals surface area contributed by atoms with Crippen LogP contribution in [0.2, 0.25) is 0 Å². The van der Waals surface area contributed by atoms with Crippen molar-refractivity contribution in [2.45, 2.75) is 32.0 Å². The van der Waals surface area contributed by atoms with E-state index in [2.05, 4.69) is 57.8 Å². The fraction of sp³-hybridized carbons (Fsp3) is 0.333. The average molecular weight is 402 g/mol. The van der Waals surface area contributed by atoms with E-state index in [0.717, 1.165) is 42.5 Å². The van der Waals surface area contributed by atoms with Gasteiger partial charge in [0.1, 0.15) is 6.04 Å². The lowest BCUT2D eigenvalue weighted by atomic mass is 9.88. The first-order chi connectivity index (χ1) is 14.7. The summed E-state index contributed by atoms with van der Waals surface area (Å²) < 4.78 is 13.4. The van der Waals surface area contributed by atoms with Gasteiger partial charge in [0, 0.05) is 13.1 Å². The Morgan fingerprint density at radius 1 is 1.07 bits per heavy atom. The van der Waals surface area contributed by atoms with Gasteiger partial charge in [-0.3, -0.25) is 4.99 Å². The number of rotatable bonds is 5. The molecule has 3 aromatic rings. The summed E-state index contributed by atoms with van der Waals surface area (Å²) in [6.45, 7) is 3.84. The van der Waals surface area contributed by atoms with Crippen LogP contribution in [0.4, 0.5) is 0 Å². The van der Waals surface area contributed by atoms with Crippen LogP contribution >= 0.6 is 0 Å². The molecule has 2 aliphatic heterocycles. The Kier molecular flexibility index (Phi) is 4.69. The second-order valence-corrected chi connectivity index (χ2v) is 7.85. The van der Waals surface area contributed by atoms with Gasteiger partial charge in [0.05, 0.1) is 44.3 Å². The zero-order valence-electron chi connectivity index (χ0n) is 17.6. The van der Waals surface area contributed by atoms with E-state index < -0.39 is 0 Å². The van der Waals surface area contributed by atoms with Crippen molar-refractivity contribution in [1.82, 2.24) is 14.5 Å². The Balaban J connectivity index is 1.56. The molecule has 0 N–H and O–H groups in total. The SMILES string of the molecule is COc1cc2c(cc1OC)C1C(c3cncn3Cc3ccccc3)N=C(C)N1CC2. The highest BCUT2D eigenvalue weighted by Crippen LogP contribution is 2.48. The van der Waals surface area contributed by atoms with Crippen LogP contribution in [0.3, 0.4) is 0 Å². The summed E-state index contributed by atoms with van der Waals surface area (Å²) in [6, 6.07) is 14.9. The molecular weight excluding hydrogens is 376 g/mol. The zero-order valence-corrected chi connectivity index (χ0v) is 17.6. The second kappa shape index (κ2) is 7.52.